The van der Waals surface area contributed by atoms with Crippen LogP contribution in [0.3, 0.4) is 0 Å². The zero-order valence-corrected chi connectivity index (χ0v) is 13.1. The summed E-state index contributed by atoms with van der Waals surface area (Å²) >= 11 is 1.81. The topological polar surface area (TPSA) is 26.0 Å². The van der Waals surface area contributed by atoms with Crippen LogP contribution in [-0.4, -0.2) is 0 Å². The van der Waals surface area contributed by atoms with Gasteiger partial charge in [0.15, 0.2) is 0 Å². The number of rotatable bonds is 3. The fourth-order valence-electron chi connectivity index (χ4n) is 2.04. The molecular formula is C17H23NS. The lowest BCUT2D eigenvalue weighted by Gasteiger charge is -2.19. The second-order valence-corrected chi connectivity index (χ2v) is 7.16. The smallest absolute Gasteiger partial charge is 0.0387 e. The molecule has 1 atom stereocenters. The van der Waals surface area contributed by atoms with E-state index >= 15 is 0 Å². The summed E-state index contributed by atoms with van der Waals surface area (Å²) in [6, 6.07) is 13.4. The fraction of sp³-hybridized carbons (Fsp3) is 0.412. The van der Waals surface area contributed by atoms with E-state index in [4.69, 9.17) is 5.73 Å². The Morgan fingerprint density at radius 1 is 1.05 bits per heavy atom. The van der Waals surface area contributed by atoms with Crippen molar-refractivity contribution in [1.82, 2.24) is 0 Å². The lowest BCUT2D eigenvalue weighted by Crippen LogP contribution is -2.10. The number of nitrogens with two attached hydrogens (primary N) is 1. The van der Waals surface area contributed by atoms with E-state index in [0.29, 0.717) is 0 Å². The van der Waals surface area contributed by atoms with Crippen LogP contribution in [0, 0.1) is 0 Å². The van der Waals surface area contributed by atoms with Gasteiger partial charge in [-0.25, -0.2) is 0 Å². The number of hydrogen-bond acceptors (Lipinski definition) is 2. The van der Waals surface area contributed by atoms with Gasteiger partial charge in [0.05, 0.1) is 0 Å². The van der Waals surface area contributed by atoms with Crippen LogP contribution in [0.4, 0.5) is 0 Å². The van der Waals surface area contributed by atoms with Gasteiger partial charge in [-0.15, -0.1) is 11.3 Å². The van der Waals surface area contributed by atoms with Crippen LogP contribution >= 0.6 is 11.3 Å². The predicted molar refractivity (Wildman–Crippen MR) is 85.7 cm³/mol. The molecule has 1 nitrogen and oxygen atoms in total. The van der Waals surface area contributed by atoms with Crippen molar-refractivity contribution < 1.29 is 0 Å². The summed E-state index contributed by atoms with van der Waals surface area (Å²) in [5.41, 5.74) is 8.95. The van der Waals surface area contributed by atoms with Crippen molar-refractivity contribution >= 4 is 11.3 Å². The van der Waals surface area contributed by atoms with Crippen LogP contribution in [0.2, 0.25) is 0 Å². The first kappa shape index (κ1) is 14.3. The summed E-state index contributed by atoms with van der Waals surface area (Å²) in [5.74, 6) is 0. The minimum Gasteiger partial charge on any atom is -0.323 e. The number of thiophene rings is 1. The molecule has 0 saturated carbocycles. The van der Waals surface area contributed by atoms with E-state index in [9.17, 15) is 0 Å². The monoisotopic (exact) mass is 273 g/mol. The summed E-state index contributed by atoms with van der Waals surface area (Å²) < 4.78 is 0. The molecule has 2 N–H and O–H groups in total. The quantitative estimate of drug-likeness (QED) is 0.825. The molecule has 0 spiro atoms. The van der Waals surface area contributed by atoms with Crippen molar-refractivity contribution in [1.29, 1.82) is 0 Å². The fourth-order valence-corrected chi connectivity index (χ4v) is 3.14. The van der Waals surface area contributed by atoms with Gasteiger partial charge in [-0.2, -0.15) is 0 Å². The van der Waals surface area contributed by atoms with Gasteiger partial charge < -0.3 is 5.73 Å². The minimum atomic E-state index is 0.174. The second-order valence-electron chi connectivity index (χ2n) is 6.04. The van der Waals surface area contributed by atoms with E-state index in [1.807, 2.05) is 11.3 Å². The molecule has 0 bridgehead atoms. The zero-order chi connectivity index (χ0) is 14.0. The molecule has 1 heterocycles. The van der Waals surface area contributed by atoms with Gasteiger partial charge in [0.25, 0.3) is 0 Å². The molecule has 1 aromatic carbocycles. The molecule has 0 fully saturated rings. The van der Waals surface area contributed by atoms with Crippen molar-refractivity contribution in [2.45, 2.75) is 45.6 Å². The Bertz CT molecular complexity index is 531. The Balaban J connectivity index is 2.25. The van der Waals surface area contributed by atoms with E-state index in [1.54, 1.807) is 0 Å². The molecule has 1 unspecified atom stereocenters. The van der Waals surface area contributed by atoms with Crippen LogP contribution in [0.5, 0.6) is 0 Å². The third-order valence-corrected chi connectivity index (χ3v) is 4.73. The van der Waals surface area contributed by atoms with E-state index < -0.39 is 0 Å². The SMILES string of the molecule is CCC(N)c1ccc(-c2ccc(C(C)(C)C)cc2)s1. The molecule has 2 heteroatoms. The maximum Gasteiger partial charge on any atom is 0.0387 e. The summed E-state index contributed by atoms with van der Waals surface area (Å²) in [6.45, 7) is 8.85. The van der Waals surface area contributed by atoms with Crippen molar-refractivity contribution in [3.05, 3.63) is 46.8 Å². The molecule has 0 aliphatic heterocycles. The van der Waals surface area contributed by atoms with Crippen LogP contribution in [-0.2, 0) is 5.41 Å². The highest BCUT2D eigenvalue weighted by molar-refractivity contribution is 7.15. The first-order valence-corrected chi connectivity index (χ1v) is 7.69. The highest BCUT2D eigenvalue weighted by atomic mass is 32.1. The van der Waals surface area contributed by atoms with E-state index in [2.05, 4.69) is 64.1 Å². The van der Waals surface area contributed by atoms with Gasteiger partial charge in [-0.05, 0) is 35.1 Å². The summed E-state index contributed by atoms with van der Waals surface area (Å²) in [4.78, 5) is 2.58. The highest BCUT2D eigenvalue weighted by Crippen LogP contribution is 2.33. The highest BCUT2D eigenvalue weighted by Gasteiger charge is 2.14. The first-order chi connectivity index (χ1) is 8.91. The Hall–Kier alpha value is -1.12. The first-order valence-electron chi connectivity index (χ1n) is 6.88. The van der Waals surface area contributed by atoms with Gasteiger partial charge in [-0.1, -0.05) is 52.0 Å². The molecule has 0 saturated heterocycles. The van der Waals surface area contributed by atoms with E-state index in [-0.39, 0.29) is 11.5 Å². The molecule has 2 aromatic rings. The number of hydrogen-bond donors (Lipinski definition) is 1. The van der Waals surface area contributed by atoms with Gasteiger partial charge in [0.2, 0.25) is 0 Å². The van der Waals surface area contributed by atoms with Crippen molar-refractivity contribution in [3.8, 4) is 10.4 Å². The van der Waals surface area contributed by atoms with Crippen LogP contribution in [0.25, 0.3) is 10.4 Å². The third kappa shape index (κ3) is 3.26. The number of benzene rings is 1. The van der Waals surface area contributed by atoms with Gasteiger partial charge in [0.1, 0.15) is 0 Å². The van der Waals surface area contributed by atoms with Gasteiger partial charge in [0, 0.05) is 15.8 Å². The zero-order valence-electron chi connectivity index (χ0n) is 12.2. The van der Waals surface area contributed by atoms with Crippen molar-refractivity contribution in [2.24, 2.45) is 5.73 Å². The molecule has 1 aromatic heterocycles. The van der Waals surface area contributed by atoms with E-state index in [1.165, 1.54) is 20.9 Å². The third-order valence-electron chi connectivity index (χ3n) is 3.47. The molecule has 0 amide bonds. The van der Waals surface area contributed by atoms with Crippen LogP contribution < -0.4 is 5.73 Å². The summed E-state index contributed by atoms with van der Waals surface area (Å²) in [7, 11) is 0. The maximum absolute atomic E-state index is 6.08. The Labute approximate surface area is 120 Å². The van der Waals surface area contributed by atoms with E-state index in [0.717, 1.165) is 6.42 Å². The van der Waals surface area contributed by atoms with Crippen LogP contribution in [0.15, 0.2) is 36.4 Å². The second kappa shape index (κ2) is 5.48. The Morgan fingerprint density at radius 2 is 1.68 bits per heavy atom. The summed E-state index contributed by atoms with van der Waals surface area (Å²) in [6.07, 6.45) is 0.989. The average Bonchev–Trinajstić information content (AvgIpc) is 2.86. The lowest BCUT2D eigenvalue weighted by molar-refractivity contribution is 0.590. The lowest BCUT2D eigenvalue weighted by atomic mass is 9.86. The summed E-state index contributed by atoms with van der Waals surface area (Å²) in [5, 5.41) is 0. The standard InChI is InChI=1S/C17H23NS/c1-5-14(18)16-11-10-15(19-16)12-6-8-13(9-7-12)17(2,3)4/h6-11,14H,5,18H2,1-4H3. The molecule has 0 aliphatic carbocycles. The predicted octanol–water partition coefficient (Wildman–Crippen LogP) is 5.12. The minimum absolute atomic E-state index is 0.174. The largest absolute Gasteiger partial charge is 0.323 e. The molecule has 19 heavy (non-hydrogen) atoms. The average molecular weight is 273 g/mol. The van der Waals surface area contributed by atoms with Crippen molar-refractivity contribution in [3.63, 3.8) is 0 Å². The van der Waals surface area contributed by atoms with Gasteiger partial charge in [-0.3, -0.25) is 0 Å². The van der Waals surface area contributed by atoms with Gasteiger partial charge >= 0.3 is 0 Å². The molecule has 2 rings (SSSR count). The Kier molecular flexibility index (Phi) is 4.12. The maximum atomic E-state index is 6.08. The molecule has 102 valence electrons. The van der Waals surface area contributed by atoms with Crippen LogP contribution in [0.1, 0.15) is 50.6 Å². The van der Waals surface area contributed by atoms with Crippen molar-refractivity contribution in [2.75, 3.05) is 0 Å². The molecular weight excluding hydrogens is 250 g/mol. The Morgan fingerprint density at radius 3 is 2.21 bits per heavy atom. The molecule has 0 radical (unpaired) electrons. The molecule has 0 aliphatic rings. The normalized spacial score (nSPS) is 13.5.